The highest BCUT2D eigenvalue weighted by molar-refractivity contribution is 6.75. The van der Waals surface area contributed by atoms with Crippen molar-refractivity contribution in [2.24, 2.45) is 0 Å². The lowest BCUT2D eigenvalue weighted by Crippen LogP contribution is -2.09. The van der Waals surface area contributed by atoms with Gasteiger partial charge in [-0.25, -0.2) is 0 Å². The van der Waals surface area contributed by atoms with E-state index >= 15 is 0 Å². The average Bonchev–Trinajstić information content (AvgIpc) is 2.44. The maximum Gasteiger partial charge on any atom is 0.134 e. The second-order valence-electron chi connectivity index (χ2n) is 3.40. The summed E-state index contributed by atoms with van der Waals surface area (Å²) in [6, 6.07) is 2.08. The zero-order valence-electron chi connectivity index (χ0n) is 7.64. The molecule has 1 aliphatic rings. The first-order chi connectivity index (χ1) is 5.70. The lowest BCUT2D eigenvalue weighted by atomic mass is 10.2. The van der Waals surface area contributed by atoms with Gasteiger partial charge >= 0.3 is 0 Å². The van der Waals surface area contributed by atoms with E-state index in [1.807, 2.05) is 0 Å². The first-order valence-electron chi connectivity index (χ1n) is 4.14. The van der Waals surface area contributed by atoms with Gasteiger partial charge in [0.25, 0.3) is 0 Å². The molecule has 0 aliphatic heterocycles. The number of rotatable bonds is 0. The molecular weight excluding hydrogens is 164 g/mol. The summed E-state index contributed by atoms with van der Waals surface area (Å²) in [5, 5.41) is 1.53. The third kappa shape index (κ3) is 0.949. The van der Waals surface area contributed by atoms with Crippen LogP contribution in [0, 0.1) is 0 Å². The van der Waals surface area contributed by atoms with Gasteiger partial charge in [0.2, 0.25) is 0 Å². The molecule has 0 bridgehead atoms. The van der Waals surface area contributed by atoms with Crippen LogP contribution in [0.3, 0.4) is 0 Å². The molecule has 0 spiro atoms. The maximum absolute atomic E-state index is 5.35. The molecule has 1 aliphatic carbocycles. The van der Waals surface area contributed by atoms with Crippen molar-refractivity contribution in [1.29, 1.82) is 0 Å². The van der Waals surface area contributed by atoms with Gasteiger partial charge in [0.15, 0.2) is 0 Å². The van der Waals surface area contributed by atoms with Crippen LogP contribution in [0.1, 0.15) is 18.2 Å². The molecule has 1 aromatic rings. The van der Waals surface area contributed by atoms with Gasteiger partial charge in [-0.15, -0.1) is 0 Å². The summed E-state index contributed by atoms with van der Waals surface area (Å²) >= 11 is 0. The predicted octanol–water partition coefficient (Wildman–Crippen LogP) is 2.55. The van der Waals surface area contributed by atoms with E-state index in [0.717, 1.165) is 5.76 Å². The van der Waals surface area contributed by atoms with Crippen LogP contribution in [-0.4, -0.2) is 13.6 Å². The molecule has 1 aromatic heterocycles. The van der Waals surface area contributed by atoms with Crippen molar-refractivity contribution in [3.05, 3.63) is 29.2 Å². The molecule has 62 valence electrons. The van der Waals surface area contributed by atoms with Gasteiger partial charge in [0.1, 0.15) is 5.76 Å². The van der Waals surface area contributed by atoms with Crippen LogP contribution in [0.25, 0.3) is 6.08 Å². The van der Waals surface area contributed by atoms with E-state index in [2.05, 4.69) is 32.2 Å². The second kappa shape index (κ2) is 2.56. The average molecular weight is 176 g/mol. The summed E-state index contributed by atoms with van der Waals surface area (Å²) in [6.45, 7) is 6.81. The van der Waals surface area contributed by atoms with Crippen LogP contribution in [0.5, 0.6) is 0 Å². The smallest absolute Gasteiger partial charge is 0.134 e. The monoisotopic (exact) mass is 176 g/mol. The van der Waals surface area contributed by atoms with Gasteiger partial charge in [-0.05, 0) is 29.8 Å². The molecule has 1 heterocycles. The van der Waals surface area contributed by atoms with Crippen LogP contribution >= 0.6 is 0 Å². The van der Waals surface area contributed by atoms with Gasteiger partial charge in [-0.3, -0.25) is 0 Å². The summed E-state index contributed by atoms with van der Waals surface area (Å²) < 4.78 is 5.35. The van der Waals surface area contributed by atoms with Gasteiger partial charge < -0.3 is 4.42 Å². The van der Waals surface area contributed by atoms with Crippen LogP contribution in [0.15, 0.2) is 22.3 Å². The quantitative estimate of drug-likeness (QED) is 0.554. The summed E-state index contributed by atoms with van der Waals surface area (Å²) in [5.41, 5.74) is 2.72. The van der Waals surface area contributed by atoms with E-state index < -0.39 is 0 Å². The Bertz CT molecular complexity index is 378. The Kier molecular flexibility index (Phi) is 1.65. The van der Waals surface area contributed by atoms with Gasteiger partial charge in [-0.2, -0.15) is 0 Å². The minimum Gasteiger partial charge on any atom is -0.464 e. The molecule has 0 atom stereocenters. The van der Waals surface area contributed by atoms with Crippen LogP contribution in [0.4, 0.5) is 0 Å². The Balaban J connectivity index is 2.68. The first-order valence-corrected chi connectivity index (χ1v) is 6.64. The fourth-order valence-corrected chi connectivity index (χ4v) is 3.39. The highest BCUT2D eigenvalue weighted by Crippen LogP contribution is 2.25. The van der Waals surface area contributed by atoms with Crippen molar-refractivity contribution in [3.8, 4) is 0 Å². The van der Waals surface area contributed by atoms with Gasteiger partial charge in [0, 0.05) is 14.0 Å². The van der Waals surface area contributed by atoms with Gasteiger partial charge in [-0.1, -0.05) is 13.1 Å². The molecule has 0 radical (unpaired) electrons. The Morgan fingerprint density at radius 1 is 1.33 bits per heavy atom. The first kappa shape index (κ1) is 7.74. The number of allylic oxidation sites excluding steroid dienone is 1. The molecule has 0 fully saturated rings. The summed E-state index contributed by atoms with van der Waals surface area (Å²) in [5.74, 6) is 1.05. The van der Waals surface area contributed by atoms with Crippen molar-refractivity contribution >= 4 is 19.7 Å². The van der Waals surface area contributed by atoms with Crippen molar-refractivity contribution in [1.82, 2.24) is 0 Å². The summed E-state index contributed by atoms with van der Waals surface area (Å²) in [7, 11) is -0.355. The number of fused-ring (bicyclic) bond motifs is 1. The third-order valence-electron chi connectivity index (χ3n) is 2.21. The van der Waals surface area contributed by atoms with Gasteiger partial charge in [0.05, 0.1) is 6.26 Å². The molecule has 1 nitrogen and oxygen atoms in total. The summed E-state index contributed by atoms with van der Waals surface area (Å²) in [4.78, 5) is 0. The van der Waals surface area contributed by atoms with Crippen molar-refractivity contribution in [3.63, 3.8) is 0 Å². The Labute approximate surface area is 73.9 Å². The number of furan rings is 1. The standard InChI is InChI=1S/C10H12OSi/c1-7-6-9-8(4-5-11-9)10(7)12(2)3/h4-6H,1-3H3. The lowest BCUT2D eigenvalue weighted by Gasteiger charge is -2.01. The van der Waals surface area contributed by atoms with E-state index in [4.69, 9.17) is 4.42 Å². The van der Waals surface area contributed by atoms with Crippen molar-refractivity contribution in [2.45, 2.75) is 20.0 Å². The molecule has 0 saturated carbocycles. The van der Waals surface area contributed by atoms with Crippen LogP contribution in [-0.2, 0) is 0 Å². The van der Waals surface area contributed by atoms with E-state index in [9.17, 15) is 0 Å². The minimum atomic E-state index is -0.355. The fourth-order valence-electron chi connectivity index (χ4n) is 1.78. The zero-order chi connectivity index (χ0) is 8.72. The number of hydrogen-bond acceptors (Lipinski definition) is 1. The Hall–Kier alpha value is -0.893. The van der Waals surface area contributed by atoms with Crippen molar-refractivity contribution < 1.29 is 4.42 Å². The fraction of sp³-hybridized carbons (Fsp3) is 0.300. The molecule has 0 saturated heterocycles. The highest BCUT2D eigenvalue weighted by atomic mass is 28.2. The van der Waals surface area contributed by atoms with E-state index in [1.54, 1.807) is 6.26 Å². The lowest BCUT2D eigenvalue weighted by molar-refractivity contribution is 0.557. The molecular formula is C10H12OSi. The molecule has 2 heteroatoms. The van der Waals surface area contributed by atoms with Crippen LogP contribution < -0.4 is 0 Å². The second-order valence-corrected chi connectivity index (χ2v) is 5.90. The highest BCUT2D eigenvalue weighted by Gasteiger charge is 2.18. The van der Waals surface area contributed by atoms with E-state index in [1.165, 1.54) is 16.3 Å². The topological polar surface area (TPSA) is 13.1 Å². The zero-order valence-corrected chi connectivity index (χ0v) is 8.64. The van der Waals surface area contributed by atoms with E-state index in [0.29, 0.717) is 0 Å². The minimum absolute atomic E-state index is 0.355. The van der Waals surface area contributed by atoms with Crippen LogP contribution in [0.2, 0.25) is 13.1 Å². The molecule has 2 rings (SSSR count). The number of hydrogen-bond donors (Lipinski definition) is 0. The van der Waals surface area contributed by atoms with E-state index in [-0.39, 0.29) is 8.41 Å². The normalized spacial score (nSPS) is 14.6. The molecule has 0 amide bonds. The predicted molar refractivity (Wildman–Crippen MR) is 54.0 cm³/mol. The SMILES string of the molecule is CC1=Cc2occc2C1=[Si](C)C. The maximum atomic E-state index is 5.35. The molecule has 0 unspecified atom stereocenters. The largest absolute Gasteiger partial charge is 0.464 e. The Morgan fingerprint density at radius 3 is 2.75 bits per heavy atom. The third-order valence-corrected chi connectivity index (χ3v) is 3.87. The molecule has 12 heavy (non-hydrogen) atoms. The Morgan fingerprint density at radius 2 is 2.08 bits per heavy atom. The molecule has 0 aromatic carbocycles. The summed E-state index contributed by atoms with van der Waals surface area (Å²) in [6.07, 6.45) is 3.92. The van der Waals surface area contributed by atoms with Crippen molar-refractivity contribution in [2.75, 3.05) is 0 Å². The molecule has 0 N–H and O–H groups in total.